The molecule has 0 rings (SSSR count). The van der Waals surface area contributed by atoms with Gasteiger partial charge in [0.1, 0.15) is 0 Å². The predicted octanol–water partition coefficient (Wildman–Crippen LogP) is 4.05. The van der Waals surface area contributed by atoms with Crippen LogP contribution in [-0.2, 0) is 9.59 Å². The Morgan fingerprint density at radius 2 is 0.667 bits per heavy atom. The summed E-state index contributed by atoms with van der Waals surface area (Å²) in [7, 11) is 0. The standard InChI is InChI=1S/3C3H8.2CHNO/c3*1-3-2;2*2-1-3/h3*3H2,1-2H3;2*2H. The van der Waals surface area contributed by atoms with Crippen molar-refractivity contribution in [3.63, 3.8) is 0 Å². The summed E-state index contributed by atoms with van der Waals surface area (Å²) in [5, 5.41) is 10.8. The zero-order chi connectivity index (χ0) is 13.5. The van der Waals surface area contributed by atoms with Crippen molar-refractivity contribution in [2.75, 3.05) is 0 Å². The molecule has 0 saturated heterocycles. The second kappa shape index (κ2) is 125. The number of carbonyl (C=O) groups excluding carboxylic acids is 2. The van der Waals surface area contributed by atoms with Gasteiger partial charge < -0.3 is 0 Å². The summed E-state index contributed by atoms with van der Waals surface area (Å²) in [6, 6.07) is 0. The number of rotatable bonds is 0. The normalized spacial score (nSPS) is 4.67. The van der Waals surface area contributed by atoms with Gasteiger partial charge in [0.15, 0.2) is 0 Å². The van der Waals surface area contributed by atoms with E-state index >= 15 is 0 Å². The molecule has 0 radical (unpaired) electrons. The average molecular weight is 218 g/mol. The Morgan fingerprint density at radius 1 is 0.667 bits per heavy atom. The fourth-order valence-electron chi connectivity index (χ4n) is 0. The van der Waals surface area contributed by atoms with Gasteiger partial charge in [0.05, 0.1) is 0 Å². The molecule has 0 aliphatic carbocycles. The van der Waals surface area contributed by atoms with Gasteiger partial charge in [0, 0.05) is 0 Å². The van der Waals surface area contributed by atoms with Gasteiger partial charge in [-0.1, -0.05) is 60.8 Å². The largest absolute Gasteiger partial charge is 0.231 e. The summed E-state index contributed by atoms with van der Waals surface area (Å²) < 4.78 is 0. The molecule has 0 saturated carbocycles. The minimum absolute atomic E-state index is 0.750. The molecule has 0 aromatic heterocycles. The highest BCUT2D eigenvalue weighted by Crippen LogP contribution is 1.56. The zero-order valence-corrected chi connectivity index (χ0v) is 10.9. The van der Waals surface area contributed by atoms with Crippen LogP contribution in [0.5, 0.6) is 0 Å². The van der Waals surface area contributed by atoms with Crippen LogP contribution in [0, 0.1) is 10.8 Å². The van der Waals surface area contributed by atoms with E-state index in [1.54, 1.807) is 0 Å². The predicted molar refractivity (Wildman–Crippen MR) is 64.7 cm³/mol. The van der Waals surface area contributed by atoms with E-state index in [2.05, 4.69) is 41.5 Å². The van der Waals surface area contributed by atoms with Crippen LogP contribution in [-0.4, -0.2) is 12.2 Å². The van der Waals surface area contributed by atoms with E-state index in [1.165, 1.54) is 19.3 Å². The lowest BCUT2D eigenvalue weighted by Gasteiger charge is -1.48. The van der Waals surface area contributed by atoms with Crippen molar-refractivity contribution in [3.8, 4) is 0 Å². The first kappa shape index (κ1) is 29.2. The Bertz CT molecular complexity index is 97.0. The van der Waals surface area contributed by atoms with E-state index in [4.69, 9.17) is 20.4 Å². The number of isocyanates is 2. The van der Waals surface area contributed by atoms with Gasteiger partial charge in [-0.25, -0.2) is 20.4 Å². The van der Waals surface area contributed by atoms with Crippen LogP contribution in [0.3, 0.4) is 0 Å². The summed E-state index contributed by atoms with van der Waals surface area (Å²) in [6.45, 7) is 12.8. The van der Waals surface area contributed by atoms with Crippen LogP contribution in [0.2, 0.25) is 0 Å². The van der Waals surface area contributed by atoms with Crippen LogP contribution in [0.1, 0.15) is 60.8 Å². The molecule has 0 spiro atoms. The lowest BCUT2D eigenvalue weighted by atomic mass is 10.6. The van der Waals surface area contributed by atoms with Crippen molar-refractivity contribution >= 4 is 12.2 Å². The van der Waals surface area contributed by atoms with Crippen LogP contribution < -0.4 is 0 Å². The molecule has 0 atom stereocenters. The first-order valence-corrected chi connectivity index (χ1v) is 5.15. The molecule has 0 aliphatic heterocycles. The zero-order valence-electron chi connectivity index (χ0n) is 10.9. The van der Waals surface area contributed by atoms with Gasteiger partial charge in [-0.05, 0) is 0 Å². The van der Waals surface area contributed by atoms with Crippen molar-refractivity contribution in [1.82, 2.24) is 0 Å². The van der Waals surface area contributed by atoms with E-state index in [0.29, 0.717) is 0 Å². The summed E-state index contributed by atoms with van der Waals surface area (Å²) in [5.74, 6) is 0. The smallest absolute Gasteiger partial charge is 0.222 e. The third-order valence-electron chi connectivity index (χ3n) is 0. The first-order valence-electron chi connectivity index (χ1n) is 5.15. The van der Waals surface area contributed by atoms with Crippen molar-refractivity contribution < 1.29 is 9.59 Å². The fraction of sp³-hybridized carbons (Fsp3) is 0.818. The molecule has 0 aliphatic rings. The van der Waals surface area contributed by atoms with Gasteiger partial charge in [0.2, 0.25) is 12.2 Å². The highest BCUT2D eigenvalue weighted by Gasteiger charge is 1.36. The number of hydrogen-bond acceptors (Lipinski definition) is 4. The maximum absolute atomic E-state index is 8.35. The quantitative estimate of drug-likeness (QED) is 0.475. The molecular weight excluding hydrogens is 192 g/mol. The maximum Gasteiger partial charge on any atom is 0.231 e. The van der Waals surface area contributed by atoms with Gasteiger partial charge in [-0.15, -0.1) is 0 Å². The maximum atomic E-state index is 8.35. The van der Waals surface area contributed by atoms with Crippen LogP contribution in [0.15, 0.2) is 0 Å². The third-order valence-corrected chi connectivity index (χ3v) is 0. The van der Waals surface area contributed by atoms with Crippen molar-refractivity contribution in [3.05, 3.63) is 0 Å². The van der Waals surface area contributed by atoms with Crippen molar-refractivity contribution in [2.24, 2.45) is 0 Å². The summed E-state index contributed by atoms with van der Waals surface area (Å²) in [4.78, 5) is 16.7. The average Bonchev–Trinajstić information content (AvgIpc) is 2.09. The molecule has 0 bridgehead atoms. The van der Waals surface area contributed by atoms with E-state index in [-0.39, 0.29) is 0 Å². The molecule has 4 nitrogen and oxygen atoms in total. The van der Waals surface area contributed by atoms with Crippen LogP contribution in [0.25, 0.3) is 0 Å². The highest BCUT2D eigenvalue weighted by molar-refractivity contribution is 5.26. The minimum atomic E-state index is 0.750. The Morgan fingerprint density at radius 3 is 0.667 bits per heavy atom. The number of hydrogen-bond donors (Lipinski definition) is 2. The highest BCUT2D eigenvalue weighted by atomic mass is 16.1. The fourth-order valence-corrected chi connectivity index (χ4v) is 0. The molecule has 2 N–H and O–H groups in total. The molecule has 0 fully saturated rings. The van der Waals surface area contributed by atoms with Crippen LogP contribution in [0.4, 0.5) is 0 Å². The molecule has 0 aromatic rings. The lowest BCUT2D eigenvalue weighted by Crippen LogP contribution is -1.27. The molecule has 0 heterocycles. The van der Waals surface area contributed by atoms with Gasteiger partial charge in [0.25, 0.3) is 0 Å². The van der Waals surface area contributed by atoms with Gasteiger partial charge in [-0.3, -0.25) is 0 Å². The lowest BCUT2D eigenvalue weighted by molar-refractivity contribution is 0.562. The number of nitrogens with one attached hydrogen (secondary N) is 2. The second-order valence-electron chi connectivity index (χ2n) is 2.33. The Labute approximate surface area is 94.1 Å². The van der Waals surface area contributed by atoms with E-state index < -0.39 is 0 Å². The minimum Gasteiger partial charge on any atom is -0.222 e. The van der Waals surface area contributed by atoms with E-state index in [1.807, 2.05) is 0 Å². The molecule has 0 aromatic carbocycles. The topological polar surface area (TPSA) is 81.8 Å². The Hall–Kier alpha value is -1.24. The van der Waals surface area contributed by atoms with Gasteiger partial charge in [-0.2, -0.15) is 0 Å². The van der Waals surface area contributed by atoms with Gasteiger partial charge >= 0.3 is 0 Å². The second-order valence-corrected chi connectivity index (χ2v) is 2.33. The molecule has 0 unspecified atom stereocenters. The molecule has 0 amide bonds. The third kappa shape index (κ3) is 961. The molecule has 4 heteroatoms. The molecule has 15 heavy (non-hydrogen) atoms. The Balaban J connectivity index is -0.0000000278. The summed E-state index contributed by atoms with van der Waals surface area (Å²) >= 11 is 0. The Kier molecular flexibility index (Phi) is 243. The van der Waals surface area contributed by atoms with E-state index in [0.717, 1.165) is 12.2 Å². The van der Waals surface area contributed by atoms with Crippen molar-refractivity contribution in [2.45, 2.75) is 60.8 Å². The summed E-state index contributed by atoms with van der Waals surface area (Å²) in [6.07, 6.45) is 5.25. The van der Waals surface area contributed by atoms with Crippen molar-refractivity contribution in [1.29, 1.82) is 10.8 Å². The monoisotopic (exact) mass is 218 g/mol. The first-order chi connectivity index (χ1) is 7.07. The SMILES string of the molecule is CCC.CCC.CCC.N=C=O.N=C=O. The molecular formula is C11H26N2O2. The van der Waals surface area contributed by atoms with E-state index in [9.17, 15) is 0 Å². The summed E-state index contributed by atoms with van der Waals surface area (Å²) in [5.41, 5.74) is 0. The van der Waals surface area contributed by atoms with Crippen LogP contribution >= 0.6 is 0 Å². The molecule has 92 valence electrons.